The average Bonchev–Trinajstić information content (AvgIpc) is 2.56. The van der Waals surface area contributed by atoms with Gasteiger partial charge in [0, 0.05) is 16.1 Å². The molecule has 0 aliphatic carbocycles. The Bertz CT molecular complexity index is 602. The molecule has 0 saturated heterocycles. The molecule has 2 aromatic rings. The van der Waals surface area contributed by atoms with Gasteiger partial charge in [-0.25, -0.2) is 0 Å². The Morgan fingerprint density at radius 3 is 2.57 bits per heavy atom. The fraction of sp³-hybridized carbons (Fsp3) is 0.368. The average molecular weight is 354 g/mol. The van der Waals surface area contributed by atoms with Crippen molar-refractivity contribution >= 4 is 24.0 Å². The third-order valence-corrected chi connectivity index (χ3v) is 4.06. The van der Waals surface area contributed by atoms with E-state index in [1.807, 2.05) is 30.3 Å². The molecule has 1 N–H and O–H groups in total. The van der Waals surface area contributed by atoms with E-state index in [9.17, 15) is 0 Å². The second-order valence-corrected chi connectivity index (χ2v) is 5.78. The second kappa shape index (κ2) is 10.5. The first kappa shape index (κ1) is 19.8. The summed E-state index contributed by atoms with van der Waals surface area (Å²) >= 11 is 6.39. The molecular formula is C19H25Cl2NO. The first-order valence-corrected chi connectivity index (χ1v) is 8.26. The number of methoxy groups -OCH3 is 1. The largest absolute Gasteiger partial charge is 0.496 e. The number of benzene rings is 2. The fourth-order valence-electron chi connectivity index (χ4n) is 2.46. The highest BCUT2D eigenvalue weighted by atomic mass is 35.5. The molecule has 0 aliphatic heterocycles. The zero-order valence-corrected chi connectivity index (χ0v) is 15.3. The van der Waals surface area contributed by atoms with Crippen molar-refractivity contribution in [2.75, 3.05) is 20.2 Å². The number of para-hydroxylation sites is 1. The molecule has 0 heterocycles. The number of ether oxygens (including phenoxy) is 1. The fourth-order valence-corrected chi connectivity index (χ4v) is 2.68. The monoisotopic (exact) mass is 353 g/mol. The van der Waals surface area contributed by atoms with Gasteiger partial charge >= 0.3 is 0 Å². The minimum atomic E-state index is 0. The molecule has 0 atom stereocenters. The summed E-state index contributed by atoms with van der Waals surface area (Å²) in [4.78, 5) is 0. The van der Waals surface area contributed by atoms with Crippen molar-refractivity contribution < 1.29 is 4.74 Å². The number of halogens is 2. The van der Waals surface area contributed by atoms with Gasteiger partial charge in [0.05, 0.1) is 7.11 Å². The molecule has 0 fully saturated rings. The molecular weight excluding hydrogens is 329 g/mol. The summed E-state index contributed by atoms with van der Waals surface area (Å²) in [6, 6.07) is 14.2. The first-order valence-electron chi connectivity index (χ1n) is 7.88. The zero-order valence-electron chi connectivity index (χ0n) is 13.8. The Kier molecular flexibility index (Phi) is 9.08. The first-order chi connectivity index (χ1) is 10.8. The van der Waals surface area contributed by atoms with Gasteiger partial charge in [-0.15, -0.1) is 12.4 Å². The molecule has 0 saturated carbocycles. The van der Waals surface area contributed by atoms with Crippen LogP contribution < -0.4 is 10.1 Å². The summed E-state index contributed by atoms with van der Waals surface area (Å²) in [6.45, 7) is 4.29. The lowest BCUT2D eigenvalue weighted by Gasteiger charge is -2.12. The van der Waals surface area contributed by atoms with Gasteiger partial charge in [0.15, 0.2) is 0 Å². The molecule has 0 aromatic heterocycles. The van der Waals surface area contributed by atoms with Gasteiger partial charge in [-0.05, 0) is 49.7 Å². The van der Waals surface area contributed by atoms with E-state index in [4.69, 9.17) is 16.3 Å². The zero-order chi connectivity index (χ0) is 15.8. The third-order valence-electron chi connectivity index (χ3n) is 3.73. The lowest BCUT2D eigenvalue weighted by Crippen LogP contribution is -2.18. The van der Waals surface area contributed by atoms with E-state index >= 15 is 0 Å². The van der Waals surface area contributed by atoms with Gasteiger partial charge < -0.3 is 10.1 Å². The van der Waals surface area contributed by atoms with Crippen molar-refractivity contribution in [2.45, 2.75) is 26.2 Å². The van der Waals surface area contributed by atoms with E-state index in [2.05, 4.69) is 24.4 Å². The predicted octanol–water partition coefficient (Wildman–Crippen LogP) is 5.37. The van der Waals surface area contributed by atoms with E-state index in [0.717, 1.165) is 41.4 Å². The van der Waals surface area contributed by atoms with Crippen molar-refractivity contribution in [1.82, 2.24) is 5.32 Å². The number of unbranched alkanes of at least 4 members (excludes halogenated alkanes) is 1. The number of rotatable bonds is 8. The normalized spacial score (nSPS) is 10.2. The molecule has 23 heavy (non-hydrogen) atoms. The third kappa shape index (κ3) is 5.72. The topological polar surface area (TPSA) is 21.3 Å². The van der Waals surface area contributed by atoms with Crippen LogP contribution in [0.5, 0.6) is 5.75 Å². The van der Waals surface area contributed by atoms with Crippen LogP contribution in [0.15, 0.2) is 42.5 Å². The molecule has 0 amide bonds. The SMILES string of the molecule is CCCCNCCc1ccc(Cl)c(-c2ccccc2OC)c1.Cl. The van der Waals surface area contributed by atoms with Crippen molar-refractivity contribution in [3.05, 3.63) is 53.1 Å². The summed E-state index contributed by atoms with van der Waals surface area (Å²) < 4.78 is 5.45. The summed E-state index contributed by atoms with van der Waals surface area (Å²) in [5, 5.41) is 4.23. The van der Waals surface area contributed by atoms with Crippen LogP contribution in [-0.2, 0) is 6.42 Å². The van der Waals surface area contributed by atoms with Crippen molar-refractivity contribution in [2.24, 2.45) is 0 Å². The highest BCUT2D eigenvalue weighted by Crippen LogP contribution is 2.35. The molecule has 0 radical (unpaired) electrons. The Labute approximate surface area is 150 Å². The molecule has 126 valence electrons. The van der Waals surface area contributed by atoms with E-state index in [1.165, 1.54) is 18.4 Å². The minimum absolute atomic E-state index is 0. The Balaban J connectivity index is 0.00000264. The Hall–Kier alpha value is -1.22. The highest BCUT2D eigenvalue weighted by Gasteiger charge is 2.09. The van der Waals surface area contributed by atoms with Gasteiger partial charge in [-0.1, -0.05) is 49.2 Å². The number of nitrogens with one attached hydrogen (secondary N) is 1. The van der Waals surface area contributed by atoms with E-state index in [-0.39, 0.29) is 12.4 Å². The molecule has 0 spiro atoms. The van der Waals surface area contributed by atoms with Crippen molar-refractivity contribution in [3.63, 3.8) is 0 Å². The number of hydrogen-bond donors (Lipinski definition) is 1. The van der Waals surface area contributed by atoms with Crippen LogP contribution in [0, 0.1) is 0 Å². The van der Waals surface area contributed by atoms with Crippen molar-refractivity contribution in [1.29, 1.82) is 0 Å². The Morgan fingerprint density at radius 2 is 1.83 bits per heavy atom. The molecule has 2 nitrogen and oxygen atoms in total. The van der Waals surface area contributed by atoms with Crippen LogP contribution >= 0.6 is 24.0 Å². The van der Waals surface area contributed by atoms with Gasteiger partial charge in [0.2, 0.25) is 0 Å². The van der Waals surface area contributed by atoms with Crippen LogP contribution in [-0.4, -0.2) is 20.2 Å². The van der Waals surface area contributed by atoms with Crippen molar-refractivity contribution in [3.8, 4) is 16.9 Å². The van der Waals surface area contributed by atoms with E-state index in [0.29, 0.717) is 0 Å². The van der Waals surface area contributed by atoms with Gasteiger partial charge in [-0.3, -0.25) is 0 Å². The maximum atomic E-state index is 6.39. The lowest BCUT2D eigenvalue weighted by atomic mass is 10.0. The molecule has 0 unspecified atom stereocenters. The maximum Gasteiger partial charge on any atom is 0.126 e. The smallest absolute Gasteiger partial charge is 0.126 e. The predicted molar refractivity (Wildman–Crippen MR) is 102 cm³/mol. The molecule has 0 aliphatic rings. The highest BCUT2D eigenvalue weighted by molar-refractivity contribution is 6.33. The summed E-state index contributed by atoms with van der Waals surface area (Å²) in [5.74, 6) is 0.850. The van der Waals surface area contributed by atoms with Crippen LogP contribution in [0.4, 0.5) is 0 Å². The maximum absolute atomic E-state index is 6.39. The summed E-state index contributed by atoms with van der Waals surface area (Å²) in [6.07, 6.45) is 3.46. The van der Waals surface area contributed by atoms with Crippen LogP contribution in [0.2, 0.25) is 5.02 Å². The van der Waals surface area contributed by atoms with Gasteiger partial charge in [-0.2, -0.15) is 0 Å². The lowest BCUT2D eigenvalue weighted by molar-refractivity contribution is 0.416. The van der Waals surface area contributed by atoms with Crippen LogP contribution in [0.1, 0.15) is 25.3 Å². The van der Waals surface area contributed by atoms with E-state index < -0.39 is 0 Å². The minimum Gasteiger partial charge on any atom is -0.496 e. The standard InChI is InChI=1S/C19H24ClNO.ClH/c1-3-4-12-21-13-11-15-9-10-18(20)17(14-15)16-7-5-6-8-19(16)22-2;/h5-10,14,21H,3-4,11-13H2,1-2H3;1H. The summed E-state index contributed by atoms with van der Waals surface area (Å²) in [5.41, 5.74) is 3.36. The van der Waals surface area contributed by atoms with Gasteiger partial charge in [0.25, 0.3) is 0 Å². The molecule has 2 aromatic carbocycles. The quantitative estimate of drug-likeness (QED) is 0.644. The second-order valence-electron chi connectivity index (χ2n) is 5.37. The molecule has 0 bridgehead atoms. The molecule has 4 heteroatoms. The number of hydrogen-bond acceptors (Lipinski definition) is 2. The van der Waals surface area contributed by atoms with E-state index in [1.54, 1.807) is 7.11 Å². The molecule has 2 rings (SSSR count). The van der Waals surface area contributed by atoms with Gasteiger partial charge in [0.1, 0.15) is 5.75 Å². The summed E-state index contributed by atoms with van der Waals surface area (Å²) in [7, 11) is 1.69. The van der Waals surface area contributed by atoms with Crippen LogP contribution in [0.25, 0.3) is 11.1 Å². The van der Waals surface area contributed by atoms with Crippen LogP contribution in [0.3, 0.4) is 0 Å². The Morgan fingerprint density at radius 1 is 1.04 bits per heavy atom.